The number of aliphatic hydroxyl groups is 1. The molecule has 1 aromatic rings. The van der Waals surface area contributed by atoms with Crippen LogP contribution in [0.15, 0.2) is 35.9 Å². The number of esters is 2. The molecule has 1 aliphatic heterocycles. The van der Waals surface area contributed by atoms with Crippen molar-refractivity contribution in [3.63, 3.8) is 0 Å². The molecule has 1 atom stereocenters. The molecule has 1 N–H and O–H groups in total. The maximum Gasteiger partial charge on any atom is 0.338 e. The lowest BCUT2D eigenvalue weighted by Gasteiger charge is -2.24. The predicted molar refractivity (Wildman–Crippen MR) is 98.8 cm³/mol. The molecule has 0 spiro atoms. The number of carbonyl (C=O) groups is 2. The molecule has 0 radical (unpaired) electrons. The largest absolute Gasteiger partial charge is 0.458 e. The van der Waals surface area contributed by atoms with E-state index in [2.05, 4.69) is 6.92 Å². The quantitative estimate of drug-likeness (QED) is 0.413. The zero-order chi connectivity index (χ0) is 19.0. The van der Waals surface area contributed by atoms with Crippen molar-refractivity contribution in [3.8, 4) is 0 Å². The molecule has 5 nitrogen and oxygen atoms in total. The van der Waals surface area contributed by atoms with E-state index in [0.29, 0.717) is 11.1 Å². The molecule has 1 aromatic carbocycles. The Balaban J connectivity index is 1.94. The van der Waals surface area contributed by atoms with Crippen LogP contribution in [0.4, 0.5) is 0 Å². The molecule has 142 valence electrons. The lowest BCUT2D eigenvalue weighted by Crippen LogP contribution is -2.39. The molecule has 1 heterocycles. The first kappa shape index (κ1) is 20.2. The van der Waals surface area contributed by atoms with Crippen molar-refractivity contribution in [1.29, 1.82) is 0 Å². The molecule has 0 aromatic heterocycles. The van der Waals surface area contributed by atoms with E-state index < -0.39 is 17.5 Å². The van der Waals surface area contributed by atoms with Gasteiger partial charge in [-0.1, -0.05) is 50.5 Å². The molecule has 1 saturated heterocycles. The molecular weight excluding hydrogens is 332 g/mol. The van der Waals surface area contributed by atoms with E-state index in [1.165, 1.54) is 12.8 Å². The van der Waals surface area contributed by atoms with Gasteiger partial charge in [-0.25, -0.2) is 9.59 Å². The standard InChI is InChI=1S/C21H28O5/c1-3-4-5-6-7-11-17-13-21(14-22,26-19(17)23)15-25-20(24)18-12-9-8-10-16(18)2/h8-12,22H,3-7,13-15H2,1-2H3/b17-11+. The number of benzene rings is 1. The van der Waals surface area contributed by atoms with Gasteiger partial charge in [0.05, 0.1) is 12.2 Å². The van der Waals surface area contributed by atoms with Crippen molar-refractivity contribution in [3.05, 3.63) is 47.0 Å². The second-order valence-corrected chi connectivity index (χ2v) is 6.88. The minimum Gasteiger partial charge on any atom is -0.458 e. The van der Waals surface area contributed by atoms with E-state index in [1.807, 2.05) is 25.1 Å². The van der Waals surface area contributed by atoms with Crippen LogP contribution in [0.2, 0.25) is 0 Å². The van der Waals surface area contributed by atoms with Gasteiger partial charge < -0.3 is 14.6 Å². The predicted octanol–water partition coefficient (Wildman–Crippen LogP) is 3.73. The Kier molecular flexibility index (Phi) is 7.39. The summed E-state index contributed by atoms with van der Waals surface area (Å²) in [4.78, 5) is 24.4. The van der Waals surface area contributed by atoms with E-state index in [-0.39, 0.29) is 19.6 Å². The molecule has 1 unspecified atom stereocenters. The van der Waals surface area contributed by atoms with Crippen LogP contribution < -0.4 is 0 Å². The highest BCUT2D eigenvalue weighted by Crippen LogP contribution is 2.32. The highest BCUT2D eigenvalue weighted by molar-refractivity contribution is 5.92. The van der Waals surface area contributed by atoms with Gasteiger partial charge in [-0.2, -0.15) is 0 Å². The zero-order valence-corrected chi connectivity index (χ0v) is 15.6. The summed E-state index contributed by atoms with van der Waals surface area (Å²) in [5.41, 5.74) is 0.663. The van der Waals surface area contributed by atoms with Crippen LogP contribution in [0.25, 0.3) is 0 Å². The number of hydrogen-bond donors (Lipinski definition) is 1. The number of rotatable bonds is 9. The first-order valence-electron chi connectivity index (χ1n) is 9.27. The zero-order valence-electron chi connectivity index (χ0n) is 15.6. The van der Waals surface area contributed by atoms with Crippen LogP contribution in [0.1, 0.15) is 61.4 Å². The summed E-state index contributed by atoms with van der Waals surface area (Å²) in [5, 5.41) is 9.74. The third kappa shape index (κ3) is 5.18. The van der Waals surface area contributed by atoms with Gasteiger partial charge >= 0.3 is 11.9 Å². The first-order valence-corrected chi connectivity index (χ1v) is 9.27. The highest BCUT2D eigenvalue weighted by atomic mass is 16.6. The van der Waals surface area contributed by atoms with E-state index in [1.54, 1.807) is 12.1 Å². The number of unbranched alkanes of at least 4 members (excludes halogenated alkanes) is 4. The van der Waals surface area contributed by atoms with Crippen molar-refractivity contribution >= 4 is 11.9 Å². The fourth-order valence-electron chi connectivity index (χ4n) is 3.01. The van der Waals surface area contributed by atoms with Crippen LogP contribution in [0.3, 0.4) is 0 Å². The normalized spacial score (nSPS) is 21.0. The number of hydrogen-bond acceptors (Lipinski definition) is 5. The Bertz CT molecular complexity index is 664. The Morgan fingerprint density at radius 3 is 2.77 bits per heavy atom. The molecule has 2 rings (SSSR count). The monoisotopic (exact) mass is 360 g/mol. The lowest BCUT2D eigenvalue weighted by molar-refractivity contribution is -0.154. The van der Waals surface area contributed by atoms with E-state index in [9.17, 15) is 14.7 Å². The smallest absolute Gasteiger partial charge is 0.338 e. The van der Waals surface area contributed by atoms with Crippen LogP contribution in [-0.2, 0) is 14.3 Å². The maximum absolute atomic E-state index is 12.3. The summed E-state index contributed by atoms with van der Waals surface area (Å²) in [6.07, 6.45) is 7.47. The first-order chi connectivity index (χ1) is 12.5. The molecule has 1 aliphatic rings. The number of cyclic esters (lactones) is 1. The average molecular weight is 360 g/mol. The maximum atomic E-state index is 12.3. The van der Waals surface area contributed by atoms with E-state index in [0.717, 1.165) is 24.8 Å². The van der Waals surface area contributed by atoms with Gasteiger partial charge in [0.1, 0.15) is 6.61 Å². The van der Waals surface area contributed by atoms with Gasteiger partial charge in [0.15, 0.2) is 5.60 Å². The molecule has 0 saturated carbocycles. The van der Waals surface area contributed by atoms with Gasteiger partial charge in [0.25, 0.3) is 0 Å². The highest BCUT2D eigenvalue weighted by Gasteiger charge is 2.44. The average Bonchev–Trinajstić information content (AvgIpc) is 2.96. The molecular formula is C21H28O5. The minimum atomic E-state index is -1.18. The second kappa shape index (κ2) is 9.53. The van der Waals surface area contributed by atoms with Crippen molar-refractivity contribution < 1.29 is 24.2 Å². The van der Waals surface area contributed by atoms with Crippen molar-refractivity contribution in [1.82, 2.24) is 0 Å². The lowest BCUT2D eigenvalue weighted by atomic mass is 9.98. The number of aliphatic hydroxyl groups excluding tert-OH is 1. The van der Waals surface area contributed by atoms with Gasteiger partial charge in [-0.05, 0) is 31.4 Å². The Morgan fingerprint density at radius 2 is 2.08 bits per heavy atom. The van der Waals surface area contributed by atoms with Crippen molar-refractivity contribution in [2.75, 3.05) is 13.2 Å². The van der Waals surface area contributed by atoms with Crippen LogP contribution in [-0.4, -0.2) is 35.9 Å². The molecule has 1 fully saturated rings. The summed E-state index contributed by atoms with van der Waals surface area (Å²) in [6.45, 7) is 3.44. The Labute approximate surface area is 155 Å². The van der Waals surface area contributed by atoms with E-state index >= 15 is 0 Å². The summed E-state index contributed by atoms with van der Waals surface area (Å²) < 4.78 is 10.7. The van der Waals surface area contributed by atoms with Gasteiger partial charge in [0.2, 0.25) is 0 Å². The molecule has 0 aliphatic carbocycles. The molecule has 0 bridgehead atoms. The third-order valence-corrected chi connectivity index (χ3v) is 4.65. The fraction of sp³-hybridized carbons (Fsp3) is 0.524. The van der Waals surface area contributed by atoms with Gasteiger partial charge in [-0.3, -0.25) is 0 Å². The summed E-state index contributed by atoms with van der Waals surface area (Å²) >= 11 is 0. The number of carbonyl (C=O) groups excluding carboxylic acids is 2. The summed E-state index contributed by atoms with van der Waals surface area (Å²) in [7, 11) is 0. The van der Waals surface area contributed by atoms with Crippen LogP contribution >= 0.6 is 0 Å². The van der Waals surface area contributed by atoms with Gasteiger partial charge in [0, 0.05) is 12.0 Å². The Morgan fingerprint density at radius 1 is 1.31 bits per heavy atom. The van der Waals surface area contributed by atoms with Crippen molar-refractivity contribution in [2.45, 2.75) is 58.0 Å². The third-order valence-electron chi connectivity index (χ3n) is 4.65. The summed E-state index contributed by atoms with van der Waals surface area (Å²) in [6, 6.07) is 7.12. The van der Waals surface area contributed by atoms with Crippen LogP contribution in [0, 0.1) is 6.92 Å². The summed E-state index contributed by atoms with van der Waals surface area (Å²) in [5.74, 6) is -0.912. The van der Waals surface area contributed by atoms with E-state index in [4.69, 9.17) is 9.47 Å². The Hall–Kier alpha value is -2.14. The molecule has 5 heteroatoms. The second-order valence-electron chi connectivity index (χ2n) is 6.88. The fourth-order valence-corrected chi connectivity index (χ4v) is 3.01. The van der Waals surface area contributed by atoms with Crippen LogP contribution in [0.5, 0.6) is 0 Å². The topological polar surface area (TPSA) is 72.8 Å². The van der Waals surface area contributed by atoms with Crippen molar-refractivity contribution in [2.24, 2.45) is 0 Å². The SMILES string of the molecule is CCCCCC/C=C1\CC(CO)(COC(=O)c2ccccc2C)OC1=O. The molecule has 0 amide bonds. The molecule has 26 heavy (non-hydrogen) atoms. The minimum absolute atomic E-state index is 0.157. The number of aryl methyl sites for hydroxylation is 1. The number of ether oxygens (including phenoxy) is 2. The number of allylic oxidation sites excluding steroid dienone is 1. The van der Waals surface area contributed by atoms with Gasteiger partial charge in [-0.15, -0.1) is 0 Å².